The van der Waals surface area contributed by atoms with Crippen molar-refractivity contribution in [2.75, 3.05) is 57.3 Å². The summed E-state index contributed by atoms with van der Waals surface area (Å²) >= 11 is 0. The minimum absolute atomic E-state index is 0.119. The maximum absolute atomic E-state index is 13.0. The number of likely N-dealkylation sites (tertiary alicyclic amines) is 1. The average molecular weight is 382 g/mol. The summed E-state index contributed by atoms with van der Waals surface area (Å²) < 4.78 is 0. The number of benzene rings is 1. The number of H-pyrrole nitrogens is 1. The third-order valence-electron chi connectivity index (χ3n) is 6.49. The van der Waals surface area contributed by atoms with Crippen molar-refractivity contribution in [2.45, 2.75) is 12.8 Å². The van der Waals surface area contributed by atoms with Gasteiger partial charge in [-0.15, -0.1) is 0 Å². The number of nitrogens with one attached hydrogen (secondary N) is 2. The van der Waals surface area contributed by atoms with Crippen LogP contribution in [-0.2, 0) is 0 Å². The van der Waals surface area contributed by atoms with Gasteiger partial charge in [-0.2, -0.15) is 0 Å². The van der Waals surface area contributed by atoms with Crippen LogP contribution < -0.4 is 15.8 Å². The third kappa shape index (κ3) is 3.01. The first-order valence-electron chi connectivity index (χ1n) is 10.1. The Hall–Kier alpha value is -2.61. The van der Waals surface area contributed by atoms with Crippen molar-refractivity contribution in [2.24, 2.45) is 5.41 Å². The molecule has 1 aromatic heterocycles. The van der Waals surface area contributed by atoms with Crippen molar-refractivity contribution >= 4 is 22.9 Å². The van der Waals surface area contributed by atoms with E-state index in [2.05, 4.69) is 20.2 Å². The molecular formula is C20H26N6O2. The molecule has 28 heavy (non-hydrogen) atoms. The molecular weight excluding hydrogens is 356 g/mol. The van der Waals surface area contributed by atoms with Crippen LogP contribution in [0.5, 0.6) is 0 Å². The summed E-state index contributed by atoms with van der Waals surface area (Å²) in [5.74, 6) is 0.591. The molecule has 5 rings (SSSR count). The van der Waals surface area contributed by atoms with Gasteiger partial charge in [0.2, 0.25) is 5.95 Å². The van der Waals surface area contributed by atoms with Crippen LogP contribution in [-0.4, -0.2) is 78.2 Å². The minimum atomic E-state index is -0.119. The van der Waals surface area contributed by atoms with Gasteiger partial charge in [0.05, 0.1) is 10.9 Å². The van der Waals surface area contributed by atoms with Gasteiger partial charge in [-0.25, -0.2) is 9.78 Å². The van der Waals surface area contributed by atoms with Crippen molar-refractivity contribution in [1.29, 1.82) is 0 Å². The third-order valence-corrected chi connectivity index (χ3v) is 6.49. The second kappa shape index (κ2) is 6.77. The van der Waals surface area contributed by atoms with Gasteiger partial charge in [0.15, 0.2) is 0 Å². The first-order chi connectivity index (χ1) is 13.6. The van der Waals surface area contributed by atoms with Gasteiger partial charge in [0, 0.05) is 51.2 Å². The van der Waals surface area contributed by atoms with Crippen LogP contribution in [0.2, 0.25) is 0 Å². The van der Waals surface area contributed by atoms with Crippen LogP contribution in [0.25, 0.3) is 10.9 Å². The van der Waals surface area contributed by atoms with E-state index in [1.165, 1.54) is 6.42 Å². The number of nitrogens with zero attached hydrogens (tertiary/aromatic N) is 4. The van der Waals surface area contributed by atoms with E-state index in [0.29, 0.717) is 48.4 Å². The quantitative estimate of drug-likeness (QED) is 0.764. The zero-order valence-electron chi connectivity index (χ0n) is 16.0. The standard InChI is InChI=1S/C20H26N6O2/c27-17-15-3-1-2-4-16(15)22-18(23-17)24-9-11-25(12-10-24)19(28)26-8-6-20(14-26)5-7-21-13-20/h1-4,21H,5-14H2,(H,22,23,27)/t20-/m0/s1. The highest BCUT2D eigenvalue weighted by Gasteiger charge is 2.43. The predicted molar refractivity (Wildman–Crippen MR) is 108 cm³/mol. The van der Waals surface area contributed by atoms with Gasteiger partial charge in [-0.1, -0.05) is 12.1 Å². The molecule has 2 amide bonds. The van der Waals surface area contributed by atoms with E-state index in [1.54, 1.807) is 6.07 Å². The van der Waals surface area contributed by atoms with Crippen LogP contribution in [0.15, 0.2) is 29.1 Å². The van der Waals surface area contributed by atoms with E-state index >= 15 is 0 Å². The molecule has 3 saturated heterocycles. The lowest BCUT2D eigenvalue weighted by Crippen LogP contribution is -2.53. The zero-order chi connectivity index (χ0) is 19.1. The van der Waals surface area contributed by atoms with Crippen molar-refractivity contribution in [3.8, 4) is 0 Å². The van der Waals surface area contributed by atoms with Crippen molar-refractivity contribution in [3.63, 3.8) is 0 Å². The second-order valence-corrected chi connectivity index (χ2v) is 8.26. The monoisotopic (exact) mass is 382 g/mol. The molecule has 8 heteroatoms. The molecule has 148 valence electrons. The molecule has 0 saturated carbocycles. The molecule has 0 radical (unpaired) electrons. The minimum Gasteiger partial charge on any atom is -0.339 e. The normalized spacial score (nSPS) is 25.2. The van der Waals surface area contributed by atoms with Gasteiger partial charge in [0.1, 0.15) is 0 Å². The molecule has 3 aliphatic rings. The van der Waals surface area contributed by atoms with Gasteiger partial charge < -0.3 is 20.0 Å². The van der Waals surface area contributed by atoms with Crippen molar-refractivity contribution in [3.05, 3.63) is 34.6 Å². The van der Waals surface area contributed by atoms with Crippen LogP contribution in [0.4, 0.5) is 10.7 Å². The molecule has 2 N–H and O–H groups in total. The van der Waals surface area contributed by atoms with E-state index in [1.807, 2.05) is 28.0 Å². The maximum atomic E-state index is 13.0. The molecule has 1 aromatic carbocycles. The smallest absolute Gasteiger partial charge is 0.320 e. The van der Waals surface area contributed by atoms with E-state index < -0.39 is 0 Å². The SMILES string of the molecule is O=C(N1CCN(c2nc3ccccc3c(=O)[nH]2)CC1)N1CC[C@]2(CCNC2)C1. The number of amides is 2. The van der Waals surface area contributed by atoms with Crippen molar-refractivity contribution < 1.29 is 4.79 Å². The largest absolute Gasteiger partial charge is 0.339 e. The summed E-state index contributed by atoms with van der Waals surface area (Å²) in [6, 6.07) is 7.52. The Kier molecular flexibility index (Phi) is 4.23. The summed E-state index contributed by atoms with van der Waals surface area (Å²) in [6.45, 7) is 6.48. The highest BCUT2D eigenvalue weighted by atomic mass is 16.2. The van der Waals surface area contributed by atoms with E-state index in [-0.39, 0.29) is 11.6 Å². The molecule has 3 fully saturated rings. The molecule has 8 nitrogen and oxygen atoms in total. The van der Waals surface area contributed by atoms with Gasteiger partial charge in [-0.05, 0) is 31.5 Å². The second-order valence-electron chi connectivity index (χ2n) is 8.26. The van der Waals surface area contributed by atoms with Crippen LogP contribution in [0.1, 0.15) is 12.8 Å². The summed E-state index contributed by atoms with van der Waals surface area (Å²) in [7, 11) is 0. The Bertz CT molecular complexity index is 943. The number of urea groups is 1. The molecule has 2 aromatic rings. The summed E-state index contributed by atoms with van der Waals surface area (Å²) in [6.07, 6.45) is 2.28. The number of piperazine rings is 1. The number of rotatable bonds is 1. The Labute approximate surface area is 163 Å². The van der Waals surface area contributed by atoms with Crippen LogP contribution >= 0.6 is 0 Å². The van der Waals surface area contributed by atoms with E-state index in [9.17, 15) is 9.59 Å². The van der Waals surface area contributed by atoms with Gasteiger partial charge in [-0.3, -0.25) is 9.78 Å². The molecule has 1 atom stereocenters. The fourth-order valence-corrected chi connectivity index (χ4v) is 4.78. The number of aromatic nitrogens is 2. The molecule has 0 aliphatic carbocycles. The fraction of sp³-hybridized carbons (Fsp3) is 0.550. The van der Waals surface area contributed by atoms with Crippen molar-refractivity contribution in [1.82, 2.24) is 25.1 Å². The van der Waals surface area contributed by atoms with Gasteiger partial charge >= 0.3 is 6.03 Å². The predicted octanol–water partition coefficient (Wildman–Crippen LogP) is 0.851. The topological polar surface area (TPSA) is 84.6 Å². The highest BCUT2D eigenvalue weighted by molar-refractivity contribution is 5.78. The van der Waals surface area contributed by atoms with Crippen LogP contribution in [0, 0.1) is 5.41 Å². The number of carbonyl (C=O) groups excluding carboxylic acids is 1. The summed E-state index contributed by atoms with van der Waals surface area (Å²) in [5, 5.41) is 4.04. The Morgan fingerprint density at radius 3 is 2.64 bits per heavy atom. The van der Waals surface area contributed by atoms with Gasteiger partial charge in [0.25, 0.3) is 5.56 Å². The number of fused-ring (bicyclic) bond motifs is 1. The molecule has 1 spiro atoms. The number of aromatic amines is 1. The molecule has 3 aliphatic heterocycles. The molecule has 0 bridgehead atoms. The number of hydrogen-bond donors (Lipinski definition) is 2. The number of para-hydroxylation sites is 1. The van der Waals surface area contributed by atoms with E-state index in [0.717, 1.165) is 32.6 Å². The summed E-state index contributed by atoms with van der Waals surface area (Å²) in [5.41, 5.74) is 0.880. The first kappa shape index (κ1) is 17.5. The number of anilines is 1. The zero-order valence-corrected chi connectivity index (χ0v) is 16.0. The first-order valence-corrected chi connectivity index (χ1v) is 10.1. The average Bonchev–Trinajstić information content (AvgIpc) is 3.37. The molecule has 4 heterocycles. The number of carbonyl (C=O) groups is 1. The summed E-state index contributed by atoms with van der Waals surface area (Å²) in [4.78, 5) is 38.8. The van der Waals surface area contributed by atoms with E-state index in [4.69, 9.17) is 0 Å². The van der Waals surface area contributed by atoms with Crippen LogP contribution in [0.3, 0.4) is 0 Å². The fourth-order valence-electron chi connectivity index (χ4n) is 4.78. The molecule has 0 unspecified atom stereocenters. The highest BCUT2D eigenvalue weighted by Crippen LogP contribution is 2.36. The maximum Gasteiger partial charge on any atom is 0.320 e. The Morgan fingerprint density at radius 2 is 1.86 bits per heavy atom. The lowest BCUT2D eigenvalue weighted by molar-refractivity contribution is 0.154. The number of hydrogen-bond acceptors (Lipinski definition) is 5. The Morgan fingerprint density at radius 1 is 1.04 bits per heavy atom. The lowest BCUT2D eigenvalue weighted by atomic mass is 9.87. The lowest BCUT2D eigenvalue weighted by Gasteiger charge is -2.37. The Balaban J connectivity index is 1.24.